The SMILES string of the molecule is C[C@H](CNC(=O)c1ccccc1SCc1ccccc1)c1ccccc1. The summed E-state index contributed by atoms with van der Waals surface area (Å²) in [6.45, 7) is 2.76. The van der Waals surface area contributed by atoms with Crippen LogP contribution in [0.2, 0.25) is 0 Å². The molecule has 26 heavy (non-hydrogen) atoms. The Hall–Kier alpha value is -2.52. The van der Waals surface area contributed by atoms with Gasteiger partial charge in [-0.25, -0.2) is 0 Å². The number of rotatable bonds is 7. The van der Waals surface area contributed by atoms with Crippen LogP contribution in [0.5, 0.6) is 0 Å². The highest BCUT2D eigenvalue weighted by Gasteiger charge is 2.13. The molecular formula is C23H23NOS. The second-order valence-electron chi connectivity index (χ2n) is 6.29. The molecule has 132 valence electrons. The Labute approximate surface area is 159 Å². The average Bonchev–Trinajstić information content (AvgIpc) is 2.72. The molecule has 3 aromatic carbocycles. The van der Waals surface area contributed by atoms with E-state index < -0.39 is 0 Å². The van der Waals surface area contributed by atoms with E-state index in [4.69, 9.17) is 0 Å². The van der Waals surface area contributed by atoms with Crippen LogP contribution < -0.4 is 5.32 Å². The van der Waals surface area contributed by atoms with E-state index in [0.29, 0.717) is 6.54 Å². The van der Waals surface area contributed by atoms with Crippen LogP contribution in [0.1, 0.15) is 34.3 Å². The molecule has 3 aromatic rings. The van der Waals surface area contributed by atoms with Gasteiger partial charge in [-0.05, 0) is 29.2 Å². The largest absolute Gasteiger partial charge is 0.351 e. The summed E-state index contributed by atoms with van der Waals surface area (Å²) in [6.07, 6.45) is 0. The Balaban J connectivity index is 1.62. The molecule has 3 rings (SSSR count). The number of hydrogen-bond acceptors (Lipinski definition) is 2. The lowest BCUT2D eigenvalue weighted by atomic mass is 10.0. The molecule has 0 aliphatic rings. The Morgan fingerprint density at radius 2 is 1.50 bits per heavy atom. The highest BCUT2D eigenvalue weighted by atomic mass is 32.2. The van der Waals surface area contributed by atoms with E-state index in [0.717, 1.165) is 16.2 Å². The minimum atomic E-state index is -0.0102. The van der Waals surface area contributed by atoms with Crippen molar-refractivity contribution in [1.82, 2.24) is 5.32 Å². The molecule has 0 aliphatic heterocycles. The van der Waals surface area contributed by atoms with E-state index in [1.165, 1.54) is 11.1 Å². The van der Waals surface area contributed by atoms with Gasteiger partial charge in [0, 0.05) is 17.2 Å². The maximum Gasteiger partial charge on any atom is 0.252 e. The normalized spacial score (nSPS) is 11.7. The second-order valence-corrected chi connectivity index (χ2v) is 7.31. The molecule has 0 bridgehead atoms. The molecule has 2 nitrogen and oxygen atoms in total. The van der Waals surface area contributed by atoms with Crippen molar-refractivity contribution in [1.29, 1.82) is 0 Å². The number of benzene rings is 3. The zero-order valence-corrected chi connectivity index (χ0v) is 15.7. The summed E-state index contributed by atoms with van der Waals surface area (Å²) < 4.78 is 0. The summed E-state index contributed by atoms with van der Waals surface area (Å²) in [7, 11) is 0. The number of amides is 1. The fourth-order valence-corrected chi connectivity index (χ4v) is 3.76. The summed E-state index contributed by atoms with van der Waals surface area (Å²) in [5.74, 6) is 1.12. The summed E-state index contributed by atoms with van der Waals surface area (Å²) >= 11 is 1.70. The molecule has 1 atom stereocenters. The smallest absolute Gasteiger partial charge is 0.252 e. The summed E-state index contributed by atoms with van der Waals surface area (Å²) in [4.78, 5) is 13.7. The van der Waals surface area contributed by atoms with Gasteiger partial charge in [0.15, 0.2) is 0 Å². The Bertz CT molecular complexity index is 833. The first-order valence-electron chi connectivity index (χ1n) is 8.83. The molecule has 0 spiro atoms. The average molecular weight is 362 g/mol. The van der Waals surface area contributed by atoms with Gasteiger partial charge < -0.3 is 5.32 Å². The summed E-state index contributed by atoms with van der Waals surface area (Å²) in [5, 5.41) is 3.08. The molecule has 0 heterocycles. The minimum Gasteiger partial charge on any atom is -0.351 e. The van der Waals surface area contributed by atoms with Gasteiger partial charge in [0.25, 0.3) is 5.91 Å². The fourth-order valence-electron chi connectivity index (χ4n) is 2.76. The number of nitrogens with one attached hydrogen (secondary N) is 1. The summed E-state index contributed by atoms with van der Waals surface area (Å²) in [5.41, 5.74) is 3.23. The van der Waals surface area contributed by atoms with Crippen LogP contribution in [-0.4, -0.2) is 12.5 Å². The Morgan fingerprint density at radius 3 is 2.23 bits per heavy atom. The van der Waals surface area contributed by atoms with Crippen LogP contribution in [0.25, 0.3) is 0 Å². The van der Waals surface area contributed by atoms with Crippen molar-refractivity contribution in [2.24, 2.45) is 0 Å². The minimum absolute atomic E-state index is 0.0102. The van der Waals surface area contributed by atoms with Gasteiger partial charge >= 0.3 is 0 Å². The third-order valence-electron chi connectivity index (χ3n) is 4.31. The van der Waals surface area contributed by atoms with Crippen LogP contribution in [0.15, 0.2) is 89.8 Å². The van der Waals surface area contributed by atoms with Gasteiger partial charge in [0.05, 0.1) is 5.56 Å². The molecule has 0 aliphatic carbocycles. The predicted octanol–water partition coefficient (Wildman–Crippen LogP) is 5.51. The van der Waals surface area contributed by atoms with Gasteiger partial charge in [-0.3, -0.25) is 4.79 Å². The number of hydrogen-bond donors (Lipinski definition) is 1. The van der Waals surface area contributed by atoms with Crippen LogP contribution in [-0.2, 0) is 5.75 Å². The van der Waals surface area contributed by atoms with Gasteiger partial charge in [-0.2, -0.15) is 0 Å². The molecule has 1 N–H and O–H groups in total. The van der Waals surface area contributed by atoms with E-state index in [-0.39, 0.29) is 11.8 Å². The first-order chi connectivity index (χ1) is 12.7. The van der Waals surface area contributed by atoms with E-state index in [9.17, 15) is 4.79 Å². The monoisotopic (exact) mass is 361 g/mol. The third-order valence-corrected chi connectivity index (χ3v) is 5.45. The lowest BCUT2D eigenvalue weighted by Gasteiger charge is -2.14. The van der Waals surface area contributed by atoms with Crippen molar-refractivity contribution in [3.05, 3.63) is 102 Å². The van der Waals surface area contributed by atoms with E-state index in [1.54, 1.807) is 11.8 Å². The van der Waals surface area contributed by atoms with Crippen molar-refractivity contribution in [3.63, 3.8) is 0 Å². The lowest BCUT2D eigenvalue weighted by Crippen LogP contribution is -2.27. The van der Waals surface area contributed by atoms with Crippen molar-refractivity contribution in [2.75, 3.05) is 6.54 Å². The standard InChI is InChI=1S/C23H23NOS/c1-18(20-12-6-3-7-13-20)16-24-23(25)21-14-8-9-15-22(21)26-17-19-10-4-2-5-11-19/h2-15,18H,16-17H2,1H3,(H,24,25)/t18-/m1/s1. The number of thioether (sulfide) groups is 1. The van der Waals surface area contributed by atoms with Crippen molar-refractivity contribution >= 4 is 17.7 Å². The second kappa shape index (κ2) is 9.25. The Kier molecular flexibility index (Phi) is 6.50. The van der Waals surface area contributed by atoms with Crippen LogP contribution in [0, 0.1) is 0 Å². The number of carbonyl (C=O) groups excluding carboxylic acids is 1. The maximum absolute atomic E-state index is 12.7. The lowest BCUT2D eigenvalue weighted by molar-refractivity contribution is 0.0948. The van der Waals surface area contributed by atoms with Crippen molar-refractivity contribution < 1.29 is 4.79 Å². The zero-order chi connectivity index (χ0) is 18.2. The van der Waals surface area contributed by atoms with Gasteiger partial charge in [0.2, 0.25) is 0 Å². The van der Waals surface area contributed by atoms with Crippen LogP contribution in [0.4, 0.5) is 0 Å². The highest BCUT2D eigenvalue weighted by molar-refractivity contribution is 7.98. The van der Waals surface area contributed by atoms with Crippen molar-refractivity contribution in [2.45, 2.75) is 23.5 Å². The molecule has 1 amide bonds. The number of carbonyl (C=O) groups is 1. The topological polar surface area (TPSA) is 29.1 Å². The molecule has 3 heteroatoms. The quantitative estimate of drug-likeness (QED) is 0.562. The highest BCUT2D eigenvalue weighted by Crippen LogP contribution is 2.26. The Morgan fingerprint density at radius 1 is 0.885 bits per heavy atom. The van der Waals surface area contributed by atoms with Crippen molar-refractivity contribution in [3.8, 4) is 0 Å². The van der Waals surface area contributed by atoms with Gasteiger partial charge in [-0.1, -0.05) is 79.7 Å². The fraction of sp³-hybridized carbons (Fsp3) is 0.174. The molecule has 0 fully saturated rings. The molecular weight excluding hydrogens is 338 g/mol. The first kappa shape index (κ1) is 18.3. The van der Waals surface area contributed by atoms with E-state index in [1.807, 2.05) is 60.7 Å². The molecule has 0 saturated heterocycles. The molecule has 0 radical (unpaired) electrons. The molecule has 0 saturated carbocycles. The predicted molar refractivity (Wildman–Crippen MR) is 110 cm³/mol. The van der Waals surface area contributed by atoms with Gasteiger partial charge in [0.1, 0.15) is 0 Å². The van der Waals surface area contributed by atoms with Gasteiger partial charge in [-0.15, -0.1) is 11.8 Å². The summed E-state index contributed by atoms with van der Waals surface area (Å²) in [6, 6.07) is 28.4. The van der Waals surface area contributed by atoms with E-state index >= 15 is 0 Å². The third kappa shape index (κ3) is 4.99. The first-order valence-corrected chi connectivity index (χ1v) is 9.81. The van der Waals surface area contributed by atoms with Crippen LogP contribution in [0.3, 0.4) is 0 Å². The van der Waals surface area contributed by atoms with E-state index in [2.05, 4.69) is 36.5 Å². The molecule has 0 unspecified atom stereocenters. The van der Waals surface area contributed by atoms with Crippen LogP contribution >= 0.6 is 11.8 Å². The zero-order valence-electron chi connectivity index (χ0n) is 14.9. The maximum atomic E-state index is 12.7. The molecule has 0 aromatic heterocycles.